The van der Waals surface area contributed by atoms with E-state index in [2.05, 4.69) is 0 Å². The van der Waals surface area contributed by atoms with Gasteiger partial charge in [-0.05, 0) is 51.6 Å². The van der Waals surface area contributed by atoms with Crippen LogP contribution in [0.4, 0.5) is 18.9 Å². The number of amides is 2. The number of imide groups is 1. The van der Waals surface area contributed by atoms with Crippen molar-refractivity contribution in [3.63, 3.8) is 0 Å². The van der Waals surface area contributed by atoms with Crippen molar-refractivity contribution in [3.8, 4) is 0 Å². The van der Waals surface area contributed by atoms with Gasteiger partial charge in [-0.2, -0.15) is 13.2 Å². The molecule has 3 aliphatic rings. The number of anilines is 1. The summed E-state index contributed by atoms with van der Waals surface area (Å²) in [7, 11) is 0. The van der Waals surface area contributed by atoms with E-state index in [4.69, 9.17) is 0 Å². The number of Topliss-reactive ketones (excluding diaryl/α,β-unsaturated/α-hetero) is 1. The summed E-state index contributed by atoms with van der Waals surface area (Å²) in [5.41, 5.74) is -0.621. The number of alkyl halides is 3. The van der Waals surface area contributed by atoms with E-state index < -0.39 is 46.2 Å². The predicted octanol–water partition coefficient (Wildman–Crippen LogP) is 7.89. The molecular weight excluding hydrogens is 599 g/mol. The molecule has 230 valence electrons. The second-order valence-electron chi connectivity index (χ2n) is 12.2. The maximum Gasteiger partial charge on any atom is 0.416 e. The fourth-order valence-electron chi connectivity index (χ4n) is 8.41. The first-order valence-corrected chi connectivity index (χ1v) is 15.3. The number of benzene rings is 5. The number of nitrogens with zero attached hydrogens (tertiary/aromatic N) is 1. The Morgan fingerprint density at radius 2 is 0.915 bits per heavy atom. The summed E-state index contributed by atoms with van der Waals surface area (Å²) in [5.74, 6) is -4.13. The summed E-state index contributed by atoms with van der Waals surface area (Å²) in [4.78, 5) is 46.5. The minimum Gasteiger partial charge on any atom is -0.297 e. The highest BCUT2D eigenvalue weighted by atomic mass is 19.4. The molecule has 2 amide bonds. The average molecular weight is 626 g/mol. The summed E-state index contributed by atoms with van der Waals surface area (Å²) in [5, 5.41) is 0. The van der Waals surface area contributed by atoms with Crippen LogP contribution in [-0.2, 0) is 31.4 Å². The van der Waals surface area contributed by atoms with E-state index >= 15 is 4.79 Å². The Bertz CT molecular complexity index is 1970. The minimum atomic E-state index is -4.69. The fourth-order valence-corrected chi connectivity index (χ4v) is 8.41. The highest BCUT2D eigenvalue weighted by molar-refractivity contribution is 6.39. The Labute approximate surface area is 268 Å². The molecule has 0 spiro atoms. The lowest BCUT2D eigenvalue weighted by Crippen LogP contribution is -2.45. The highest BCUT2D eigenvalue weighted by Crippen LogP contribution is 2.74. The molecule has 47 heavy (non-hydrogen) atoms. The van der Waals surface area contributed by atoms with Crippen LogP contribution in [0.2, 0.25) is 0 Å². The summed E-state index contributed by atoms with van der Waals surface area (Å²) >= 11 is 0. The van der Waals surface area contributed by atoms with Crippen LogP contribution in [0, 0.1) is 11.8 Å². The Morgan fingerprint density at radius 3 is 1.32 bits per heavy atom. The van der Waals surface area contributed by atoms with E-state index in [1.54, 1.807) is 48.5 Å². The van der Waals surface area contributed by atoms with E-state index in [-0.39, 0.29) is 11.5 Å². The molecule has 1 aliphatic heterocycles. The van der Waals surface area contributed by atoms with E-state index in [9.17, 15) is 22.8 Å². The molecule has 2 fully saturated rings. The van der Waals surface area contributed by atoms with Crippen molar-refractivity contribution >= 4 is 34.4 Å². The summed E-state index contributed by atoms with van der Waals surface area (Å²) in [6.07, 6.45) is -4.69. The summed E-state index contributed by atoms with van der Waals surface area (Å²) in [6, 6.07) is 41.1. The molecule has 0 aromatic heterocycles. The molecule has 7 heteroatoms. The number of fused-ring (bicyclic) bond motifs is 5. The first kappa shape index (κ1) is 28.9. The SMILES string of the molecule is O=C1[C@H]2[C@H](C(=O)N1c1cccc(C(F)(F)F)c1)[C@]1(c3ccccc3)C(=O)[C@@]2(c2ccccc2)C(c2ccccc2)=C1c1ccccc1. The number of carbonyl (C=O) groups is 3. The van der Waals surface area contributed by atoms with Crippen LogP contribution in [0.15, 0.2) is 146 Å². The van der Waals surface area contributed by atoms with Gasteiger partial charge in [0.1, 0.15) is 0 Å². The van der Waals surface area contributed by atoms with Crippen LogP contribution in [0.5, 0.6) is 0 Å². The van der Waals surface area contributed by atoms with Crippen molar-refractivity contribution in [3.05, 3.63) is 173 Å². The number of hydrogen-bond acceptors (Lipinski definition) is 3. The average Bonchev–Trinajstić information content (AvgIpc) is 3.61. The molecule has 4 nitrogen and oxygen atoms in total. The molecular formula is C40H26F3NO3. The van der Waals surface area contributed by atoms with Gasteiger partial charge < -0.3 is 0 Å². The van der Waals surface area contributed by atoms with Crippen molar-refractivity contribution in [2.75, 3.05) is 4.90 Å². The molecule has 1 saturated heterocycles. The largest absolute Gasteiger partial charge is 0.416 e. The third-order valence-electron chi connectivity index (χ3n) is 10.0. The van der Waals surface area contributed by atoms with Gasteiger partial charge in [-0.25, -0.2) is 4.90 Å². The van der Waals surface area contributed by atoms with Crippen LogP contribution in [0.3, 0.4) is 0 Å². The van der Waals surface area contributed by atoms with E-state index in [0.29, 0.717) is 22.3 Å². The van der Waals surface area contributed by atoms with Crippen LogP contribution < -0.4 is 4.90 Å². The minimum absolute atomic E-state index is 0.176. The molecule has 1 heterocycles. The Morgan fingerprint density at radius 1 is 0.511 bits per heavy atom. The van der Waals surface area contributed by atoms with Crippen molar-refractivity contribution in [1.29, 1.82) is 0 Å². The van der Waals surface area contributed by atoms with Gasteiger partial charge in [0.15, 0.2) is 5.78 Å². The number of allylic oxidation sites excluding steroid dienone is 2. The molecule has 5 aromatic carbocycles. The molecule has 1 saturated carbocycles. The van der Waals surface area contributed by atoms with Gasteiger partial charge in [-0.15, -0.1) is 0 Å². The van der Waals surface area contributed by atoms with E-state index in [1.165, 1.54) is 12.1 Å². The molecule has 4 atom stereocenters. The zero-order valence-corrected chi connectivity index (χ0v) is 24.8. The zero-order chi connectivity index (χ0) is 32.6. The number of hydrogen-bond donors (Lipinski definition) is 0. The maximum atomic E-state index is 15.8. The van der Waals surface area contributed by atoms with Crippen molar-refractivity contribution in [2.24, 2.45) is 11.8 Å². The van der Waals surface area contributed by atoms with Gasteiger partial charge in [0.2, 0.25) is 11.8 Å². The van der Waals surface area contributed by atoms with Gasteiger partial charge >= 0.3 is 6.18 Å². The second kappa shape index (κ2) is 10.2. The molecule has 0 radical (unpaired) electrons. The highest BCUT2D eigenvalue weighted by Gasteiger charge is 2.82. The standard InChI is InChI=1S/C40H26F3NO3/c41-40(42,43)29-22-13-23-30(24-29)44-35(45)33-34(36(44)46)39(28-20-11-4-12-21-28)32(26-16-7-2-8-17-26)31(25-14-5-1-6-15-25)38(33,37(39)47)27-18-9-3-10-19-27/h1-24,33-34H/t33-,34-,38-,39+/m1/s1. The lowest BCUT2D eigenvalue weighted by atomic mass is 9.59. The van der Waals surface area contributed by atoms with E-state index in [0.717, 1.165) is 28.2 Å². The van der Waals surface area contributed by atoms with Crippen LogP contribution in [0.1, 0.15) is 27.8 Å². The predicted molar refractivity (Wildman–Crippen MR) is 172 cm³/mol. The van der Waals surface area contributed by atoms with Crippen LogP contribution >= 0.6 is 0 Å². The quantitative estimate of drug-likeness (QED) is 0.187. The Hall–Kier alpha value is -5.56. The Balaban J connectivity index is 1.52. The van der Waals surface area contributed by atoms with Crippen molar-refractivity contribution < 1.29 is 27.6 Å². The first-order chi connectivity index (χ1) is 22.7. The number of ketones is 1. The first-order valence-electron chi connectivity index (χ1n) is 15.3. The van der Waals surface area contributed by atoms with Crippen molar-refractivity contribution in [2.45, 2.75) is 17.0 Å². The lowest BCUT2D eigenvalue weighted by molar-refractivity contribution is -0.137. The third-order valence-corrected chi connectivity index (χ3v) is 10.0. The topological polar surface area (TPSA) is 54.5 Å². The van der Waals surface area contributed by atoms with Gasteiger partial charge in [-0.3, -0.25) is 14.4 Å². The van der Waals surface area contributed by atoms with Gasteiger partial charge in [-0.1, -0.05) is 127 Å². The smallest absolute Gasteiger partial charge is 0.297 e. The summed E-state index contributed by atoms with van der Waals surface area (Å²) in [6.45, 7) is 0. The monoisotopic (exact) mass is 625 g/mol. The lowest BCUT2D eigenvalue weighted by Gasteiger charge is -2.39. The number of rotatable bonds is 5. The fraction of sp³-hybridized carbons (Fsp3) is 0.125. The molecule has 2 aliphatic carbocycles. The third kappa shape index (κ3) is 3.74. The van der Waals surface area contributed by atoms with Gasteiger partial charge in [0, 0.05) is 0 Å². The Kier molecular flexibility index (Phi) is 6.28. The van der Waals surface area contributed by atoms with Crippen molar-refractivity contribution in [1.82, 2.24) is 0 Å². The number of carbonyl (C=O) groups excluding carboxylic acids is 3. The molecule has 0 unspecified atom stereocenters. The zero-order valence-electron chi connectivity index (χ0n) is 24.8. The molecule has 0 N–H and O–H groups in total. The van der Waals surface area contributed by atoms with Gasteiger partial charge in [0.05, 0.1) is 33.9 Å². The molecule has 5 aromatic rings. The normalized spacial score (nSPS) is 25.1. The molecule has 8 rings (SSSR count). The number of halogens is 3. The van der Waals surface area contributed by atoms with Crippen LogP contribution in [-0.4, -0.2) is 17.6 Å². The molecule has 2 bridgehead atoms. The van der Waals surface area contributed by atoms with Gasteiger partial charge in [0.25, 0.3) is 0 Å². The van der Waals surface area contributed by atoms with Crippen LogP contribution in [0.25, 0.3) is 11.1 Å². The second-order valence-corrected chi connectivity index (χ2v) is 12.2. The maximum absolute atomic E-state index is 15.8. The van der Waals surface area contributed by atoms with E-state index in [1.807, 2.05) is 72.8 Å². The summed E-state index contributed by atoms with van der Waals surface area (Å²) < 4.78 is 41.6.